The van der Waals surface area contributed by atoms with Crippen molar-refractivity contribution in [3.8, 4) is 11.1 Å². The molecule has 0 aliphatic heterocycles. The number of hydrogen-bond acceptors (Lipinski definition) is 15. The smallest absolute Gasteiger partial charge is 0.407 e. The quantitative estimate of drug-likeness (QED) is 0.149. The lowest BCUT2D eigenvalue weighted by Gasteiger charge is -2.04. The maximum Gasteiger partial charge on any atom is 0.419 e. The number of benzene rings is 4. The number of fused-ring (bicyclic) bond motifs is 11. The summed E-state index contributed by atoms with van der Waals surface area (Å²) < 4.78 is 25.1. The Balaban J connectivity index is 0.000000116. The summed E-state index contributed by atoms with van der Waals surface area (Å²) in [6.45, 7) is 0. The van der Waals surface area contributed by atoms with Gasteiger partial charge in [0.15, 0.2) is 27.6 Å². The third-order valence-electron chi connectivity index (χ3n) is 11.9. The second kappa shape index (κ2) is 19.8. The first kappa shape index (κ1) is 48.8. The lowest BCUT2D eigenvalue weighted by molar-refractivity contribution is 0.530. The topological polar surface area (TPSA) is 262 Å². The van der Waals surface area contributed by atoms with Crippen LogP contribution in [0.5, 0.6) is 0 Å². The van der Waals surface area contributed by atoms with Gasteiger partial charge in [-0.15, -0.1) is 10.2 Å². The van der Waals surface area contributed by atoms with Crippen LogP contribution in [0.3, 0.4) is 0 Å². The van der Waals surface area contributed by atoms with Gasteiger partial charge in [0.25, 0.3) is 0 Å². The van der Waals surface area contributed by atoms with Crippen molar-refractivity contribution in [1.29, 1.82) is 0 Å². The summed E-state index contributed by atoms with van der Waals surface area (Å²) >= 11 is 11.5. The molecule has 0 saturated carbocycles. The van der Waals surface area contributed by atoms with Gasteiger partial charge < -0.3 is 24.0 Å². The van der Waals surface area contributed by atoms with Gasteiger partial charge in [-0.05, 0) is 96.7 Å². The number of nitrogens with one attached hydrogen (secondary N) is 2. The number of anilines is 1. The van der Waals surface area contributed by atoms with Gasteiger partial charge in [-0.2, -0.15) is 5.10 Å². The number of aryl methyl sites for hydroxylation is 3. The van der Waals surface area contributed by atoms with Crippen LogP contribution >= 0.6 is 59.6 Å². The summed E-state index contributed by atoms with van der Waals surface area (Å²) in [5, 5.41) is 16.7. The molecule has 10 heterocycles. The van der Waals surface area contributed by atoms with Crippen molar-refractivity contribution in [1.82, 2.24) is 58.4 Å². The SMILES string of the molecule is Cn1c(=O)oc2c3cc(Br)ccc3ncc21.Cn1cc(-c2ccc3nnc(Sc4ccc5ncc6c(oc(=O)n6C)c5c4)n3c2)cn1.Nc1c[nH]c2ccc(Br)cc2c1=O.O=c1[nH]c2cnc3ccc(Br)cc3c2o1. The highest BCUT2D eigenvalue weighted by atomic mass is 79.9. The average molecular weight is 1210 g/mol. The van der Waals surface area contributed by atoms with Crippen LogP contribution < -0.4 is 28.4 Å². The molecule has 0 bridgehead atoms. The standard InChI is InChI=1S/C21H15N7O2S.C11H7BrN2O2.C10H5BrN2O2.C9H7BrN2O/c1-26-10-13(8-23-26)12-3-6-18-24-25-20(28(18)11-12)31-14-4-5-16-15(7-14)19-17(9-22-16)27(2)21(29)30-19;1-14-9-5-13-8-3-2-6(12)4-7(8)10(9)16-11(14)15;11-5-1-2-7-6(3-5)9-8(4-12-7)13-10(14)15-9;10-5-1-2-8-6(3-5)9(13)7(11)4-12-8/h3-11H,1-2H3;2-5H,1H3;1-4H,(H,13,14);1-4H,11H2,(H,12,13). The number of nitrogens with zero attached hydrogens (tertiary/aromatic N) is 10. The Hall–Kier alpha value is -8.45. The molecule has 0 fully saturated rings. The van der Waals surface area contributed by atoms with Crippen molar-refractivity contribution < 1.29 is 13.3 Å². The number of H-pyrrole nitrogens is 2. The molecule has 0 atom stereocenters. The fraction of sp³-hybridized carbons (Fsp3) is 0.0588. The second-order valence-corrected chi connectivity index (χ2v) is 20.5. The molecule has 75 heavy (non-hydrogen) atoms. The molecule has 20 nitrogen and oxygen atoms in total. The minimum absolute atomic E-state index is 0.130. The van der Waals surface area contributed by atoms with Crippen LogP contribution in [-0.4, -0.2) is 58.4 Å². The van der Waals surface area contributed by atoms with E-state index in [2.05, 4.69) is 88.0 Å². The second-order valence-electron chi connectivity index (χ2n) is 16.7. The average Bonchev–Trinajstić information content (AvgIpc) is 4.24. The van der Waals surface area contributed by atoms with E-state index in [1.165, 1.54) is 27.1 Å². The molecule has 0 aliphatic carbocycles. The van der Waals surface area contributed by atoms with E-state index < -0.39 is 11.5 Å². The maximum absolute atomic E-state index is 12.0. The number of aromatic nitrogens is 12. The highest BCUT2D eigenvalue weighted by Gasteiger charge is 2.15. The lowest BCUT2D eigenvalue weighted by atomic mass is 10.2. The fourth-order valence-electron chi connectivity index (χ4n) is 8.09. The van der Waals surface area contributed by atoms with E-state index in [0.717, 1.165) is 78.5 Å². The van der Waals surface area contributed by atoms with Crippen LogP contribution in [0, 0.1) is 0 Å². The van der Waals surface area contributed by atoms with Crippen molar-refractivity contribution in [3.63, 3.8) is 0 Å². The van der Waals surface area contributed by atoms with E-state index in [9.17, 15) is 19.2 Å². The van der Waals surface area contributed by atoms with Gasteiger partial charge in [-0.25, -0.2) is 14.4 Å². The lowest BCUT2D eigenvalue weighted by Crippen LogP contribution is -2.08. The molecule has 4 aromatic carbocycles. The number of nitrogens with two attached hydrogens (primary N) is 1. The highest BCUT2D eigenvalue weighted by Crippen LogP contribution is 2.33. The number of aromatic amines is 2. The Morgan fingerprint density at radius 3 is 1.81 bits per heavy atom. The Kier molecular flexibility index (Phi) is 12.9. The van der Waals surface area contributed by atoms with Crippen molar-refractivity contribution >= 4 is 148 Å². The Morgan fingerprint density at radius 2 is 1.17 bits per heavy atom. The first-order valence-corrected chi connectivity index (χ1v) is 25.4. The fourth-order valence-corrected chi connectivity index (χ4v) is 10.0. The first-order valence-electron chi connectivity index (χ1n) is 22.2. The van der Waals surface area contributed by atoms with Crippen LogP contribution in [0.1, 0.15) is 0 Å². The van der Waals surface area contributed by atoms with Crippen LogP contribution in [0.2, 0.25) is 0 Å². The van der Waals surface area contributed by atoms with Crippen molar-refractivity contribution in [2.45, 2.75) is 10.1 Å². The minimum atomic E-state index is -0.459. The van der Waals surface area contributed by atoms with Gasteiger partial charge >= 0.3 is 17.3 Å². The molecule has 14 aromatic rings. The summed E-state index contributed by atoms with van der Waals surface area (Å²) in [4.78, 5) is 65.3. The molecule has 0 aliphatic rings. The Labute approximate surface area is 448 Å². The number of nitrogen functional groups attached to an aromatic ring is 1. The maximum atomic E-state index is 12.0. The van der Waals surface area contributed by atoms with Gasteiger partial charge in [0, 0.05) is 96.2 Å². The summed E-state index contributed by atoms with van der Waals surface area (Å²) in [5.74, 6) is -1.24. The van der Waals surface area contributed by atoms with Crippen LogP contribution in [0.25, 0.3) is 93.7 Å². The predicted octanol–water partition coefficient (Wildman–Crippen LogP) is 10.0. The summed E-state index contributed by atoms with van der Waals surface area (Å²) in [5.41, 5.74) is 15.2. The number of rotatable bonds is 3. The normalized spacial score (nSPS) is 11.4. The van der Waals surface area contributed by atoms with Gasteiger partial charge in [-0.1, -0.05) is 47.8 Å². The molecule has 0 radical (unpaired) electrons. The largest absolute Gasteiger partial charge is 0.419 e. The third-order valence-corrected chi connectivity index (χ3v) is 14.3. The monoisotopic (exact) mass is 1210 g/mol. The third kappa shape index (κ3) is 9.54. The van der Waals surface area contributed by atoms with Gasteiger partial charge in [0.05, 0.1) is 47.0 Å². The van der Waals surface area contributed by atoms with Gasteiger partial charge in [-0.3, -0.25) is 42.9 Å². The van der Waals surface area contributed by atoms with Crippen LogP contribution in [-0.2, 0) is 21.1 Å². The zero-order valence-corrected chi connectivity index (χ0v) is 44.6. The number of hydrogen-bond donors (Lipinski definition) is 3. The van der Waals surface area contributed by atoms with E-state index in [1.807, 2.05) is 109 Å². The molecule has 10 aromatic heterocycles. The molecule has 372 valence electrons. The van der Waals surface area contributed by atoms with E-state index in [0.29, 0.717) is 38.7 Å². The number of oxazole rings is 3. The van der Waals surface area contributed by atoms with Crippen molar-refractivity contribution in [2.75, 3.05) is 5.73 Å². The van der Waals surface area contributed by atoms with E-state index in [1.54, 1.807) is 43.4 Å². The number of pyridine rings is 5. The molecule has 0 saturated heterocycles. The molecule has 4 N–H and O–H groups in total. The van der Waals surface area contributed by atoms with Crippen molar-refractivity contribution in [3.05, 3.63) is 184 Å². The predicted molar refractivity (Wildman–Crippen MR) is 297 cm³/mol. The zero-order valence-electron chi connectivity index (χ0n) is 39.1. The molecular formula is C51H34Br3N13O7S. The number of halogens is 3. The molecule has 0 spiro atoms. The Morgan fingerprint density at radius 1 is 0.587 bits per heavy atom. The molecule has 14 rings (SSSR count). The summed E-state index contributed by atoms with van der Waals surface area (Å²) in [7, 11) is 5.23. The van der Waals surface area contributed by atoms with Crippen LogP contribution in [0.4, 0.5) is 5.69 Å². The zero-order chi connectivity index (χ0) is 52.2. The van der Waals surface area contributed by atoms with E-state index in [4.69, 9.17) is 19.0 Å². The van der Waals surface area contributed by atoms with Crippen LogP contribution in [0.15, 0.2) is 184 Å². The molecule has 0 amide bonds. The molecule has 0 unspecified atom stereocenters. The summed E-state index contributed by atoms with van der Waals surface area (Å²) in [6.07, 6.45) is 12.2. The summed E-state index contributed by atoms with van der Waals surface area (Å²) in [6, 6.07) is 26.6. The van der Waals surface area contributed by atoms with Gasteiger partial charge in [0.2, 0.25) is 5.43 Å². The first-order chi connectivity index (χ1) is 36.1. The highest BCUT2D eigenvalue weighted by molar-refractivity contribution is 9.11. The minimum Gasteiger partial charge on any atom is -0.407 e. The molecule has 24 heteroatoms. The van der Waals surface area contributed by atoms with E-state index in [-0.39, 0.29) is 16.9 Å². The van der Waals surface area contributed by atoms with Crippen molar-refractivity contribution in [2.24, 2.45) is 21.1 Å². The van der Waals surface area contributed by atoms with E-state index >= 15 is 0 Å². The Bertz CT molecular complexity index is 4810. The van der Waals surface area contributed by atoms with Gasteiger partial charge in [0.1, 0.15) is 16.6 Å². The molecular weight excluding hydrogens is 1180 g/mol.